The molecule has 0 saturated heterocycles. The Morgan fingerprint density at radius 2 is 1.76 bits per heavy atom. The molecule has 0 spiro atoms. The molecule has 0 aromatic heterocycles. The summed E-state index contributed by atoms with van der Waals surface area (Å²) >= 11 is 0. The van der Waals surface area contributed by atoms with Gasteiger partial charge in [-0.15, -0.1) is 0 Å². The molecule has 0 aliphatic rings. The molecule has 0 bridgehead atoms. The van der Waals surface area contributed by atoms with E-state index in [1.165, 1.54) is 0 Å². The van der Waals surface area contributed by atoms with Crippen LogP contribution in [0.5, 0.6) is 0 Å². The van der Waals surface area contributed by atoms with Gasteiger partial charge in [-0.2, -0.15) is 0 Å². The second-order valence-electron chi connectivity index (χ2n) is 3.66. The number of phosphoric ester groups is 1. The minimum absolute atomic E-state index is 0.268. The van der Waals surface area contributed by atoms with Crippen LogP contribution in [-0.2, 0) is 18.1 Å². The van der Waals surface area contributed by atoms with Crippen LogP contribution in [0.25, 0.3) is 0 Å². The van der Waals surface area contributed by atoms with Crippen molar-refractivity contribution in [2.24, 2.45) is 0 Å². The summed E-state index contributed by atoms with van der Waals surface area (Å²) in [5.41, 5.74) is 0. The minimum Gasteiger partial charge on any atom is -0.287 e. The van der Waals surface area contributed by atoms with Crippen molar-refractivity contribution >= 4 is 7.82 Å². The summed E-state index contributed by atoms with van der Waals surface area (Å²) in [6.45, 7) is 8.11. The Kier molecular flexibility index (Phi) is 9.75. The molecule has 0 heterocycles. The van der Waals surface area contributed by atoms with Gasteiger partial charge in [0.25, 0.3) is 0 Å². The van der Waals surface area contributed by atoms with Crippen LogP contribution in [0.3, 0.4) is 0 Å². The van der Waals surface area contributed by atoms with E-state index in [0.29, 0.717) is 13.2 Å². The predicted molar refractivity (Wildman–Crippen MR) is 70.1 cm³/mol. The lowest BCUT2D eigenvalue weighted by atomic mass is 10.2. The Morgan fingerprint density at radius 3 is 2.24 bits per heavy atom. The van der Waals surface area contributed by atoms with Crippen LogP contribution in [0.4, 0.5) is 0 Å². The van der Waals surface area contributed by atoms with E-state index in [4.69, 9.17) is 13.6 Å². The Balaban J connectivity index is 4.16. The maximum absolute atomic E-state index is 12.0. The van der Waals surface area contributed by atoms with E-state index in [1.54, 1.807) is 13.8 Å². The summed E-state index contributed by atoms with van der Waals surface area (Å²) in [5.74, 6) is 0. The van der Waals surface area contributed by atoms with Gasteiger partial charge >= 0.3 is 7.82 Å². The zero-order valence-electron chi connectivity index (χ0n) is 11.3. The van der Waals surface area contributed by atoms with Crippen molar-refractivity contribution in [3.05, 3.63) is 12.2 Å². The normalized spacial score (nSPS) is 14.4. The van der Waals surface area contributed by atoms with Gasteiger partial charge in [-0.05, 0) is 27.2 Å². The van der Waals surface area contributed by atoms with Gasteiger partial charge in [0.2, 0.25) is 0 Å². The molecule has 0 radical (unpaired) electrons. The first-order valence-electron chi connectivity index (χ1n) is 6.32. The van der Waals surface area contributed by atoms with E-state index < -0.39 is 7.82 Å². The fraction of sp³-hybridized carbons (Fsp3) is 0.833. The first kappa shape index (κ1) is 16.9. The van der Waals surface area contributed by atoms with Crippen LogP contribution < -0.4 is 0 Å². The van der Waals surface area contributed by atoms with Crippen molar-refractivity contribution < 1.29 is 18.1 Å². The summed E-state index contributed by atoms with van der Waals surface area (Å²) in [6, 6.07) is 0. The molecular formula is C12H25O4P. The molecule has 0 fully saturated rings. The number of allylic oxidation sites excluding steroid dienone is 1. The summed E-state index contributed by atoms with van der Waals surface area (Å²) in [7, 11) is -3.38. The highest BCUT2D eigenvalue weighted by Gasteiger charge is 2.27. The van der Waals surface area contributed by atoms with Crippen LogP contribution in [0.15, 0.2) is 12.2 Å². The van der Waals surface area contributed by atoms with E-state index in [2.05, 4.69) is 6.92 Å². The molecule has 0 saturated carbocycles. The highest BCUT2D eigenvalue weighted by Crippen LogP contribution is 2.50. The van der Waals surface area contributed by atoms with Gasteiger partial charge in [0.15, 0.2) is 0 Å². The van der Waals surface area contributed by atoms with Gasteiger partial charge in [0.05, 0.1) is 19.3 Å². The quantitative estimate of drug-likeness (QED) is 0.335. The lowest BCUT2D eigenvalue weighted by Gasteiger charge is -2.18. The molecule has 0 aliphatic carbocycles. The predicted octanol–water partition coefficient (Wildman–Crippen LogP) is 4.32. The SMILES string of the molecule is CCCC/C=C\[C@H](C)OP(=O)(OCC)OCC. The molecule has 0 unspecified atom stereocenters. The second-order valence-corrected chi connectivity index (χ2v) is 5.29. The fourth-order valence-corrected chi connectivity index (χ4v) is 2.57. The first-order chi connectivity index (χ1) is 8.08. The van der Waals surface area contributed by atoms with Gasteiger partial charge < -0.3 is 0 Å². The fourth-order valence-electron chi connectivity index (χ4n) is 1.26. The third-order valence-electron chi connectivity index (χ3n) is 2.00. The maximum Gasteiger partial charge on any atom is 0.475 e. The zero-order chi connectivity index (χ0) is 13.1. The molecule has 102 valence electrons. The lowest BCUT2D eigenvalue weighted by Crippen LogP contribution is -2.07. The Bertz CT molecular complexity index is 243. The number of rotatable bonds is 10. The highest BCUT2D eigenvalue weighted by atomic mass is 31.2. The summed E-state index contributed by atoms with van der Waals surface area (Å²) < 4.78 is 27.4. The topological polar surface area (TPSA) is 44.8 Å². The number of unbranched alkanes of at least 4 members (excludes halogenated alkanes) is 2. The Hall–Kier alpha value is -0.150. The smallest absolute Gasteiger partial charge is 0.287 e. The minimum atomic E-state index is -3.38. The zero-order valence-corrected chi connectivity index (χ0v) is 12.2. The molecule has 0 rings (SSSR count). The third kappa shape index (κ3) is 8.56. The Morgan fingerprint density at radius 1 is 1.18 bits per heavy atom. The number of hydrogen-bond donors (Lipinski definition) is 0. The third-order valence-corrected chi connectivity index (χ3v) is 3.74. The first-order valence-corrected chi connectivity index (χ1v) is 7.78. The van der Waals surface area contributed by atoms with Crippen molar-refractivity contribution in [2.45, 2.75) is 53.1 Å². The van der Waals surface area contributed by atoms with E-state index >= 15 is 0 Å². The summed E-state index contributed by atoms with van der Waals surface area (Å²) in [5, 5.41) is 0. The average molecular weight is 264 g/mol. The van der Waals surface area contributed by atoms with Gasteiger partial charge in [-0.3, -0.25) is 13.6 Å². The van der Waals surface area contributed by atoms with Crippen molar-refractivity contribution in [3.8, 4) is 0 Å². The van der Waals surface area contributed by atoms with Crippen LogP contribution in [0.1, 0.15) is 47.0 Å². The van der Waals surface area contributed by atoms with Gasteiger partial charge in [-0.25, -0.2) is 4.57 Å². The average Bonchev–Trinajstić information content (AvgIpc) is 2.24. The van der Waals surface area contributed by atoms with Crippen LogP contribution >= 0.6 is 7.82 Å². The number of hydrogen-bond acceptors (Lipinski definition) is 4. The summed E-state index contributed by atoms with van der Waals surface area (Å²) in [6.07, 6.45) is 6.98. The van der Waals surface area contributed by atoms with Crippen molar-refractivity contribution in [3.63, 3.8) is 0 Å². The van der Waals surface area contributed by atoms with Crippen molar-refractivity contribution in [2.75, 3.05) is 13.2 Å². The molecular weight excluding hydrogens is 239 g/mol. The molecule has 5 heteroatoms. The van der Waals surface area contributed by atoms with E-state index in [0.717, 1.165) is 19.3 Å². The Labute approximate surface area is 105 Å². The van der Waals surface area contributed by atoms with Gasteiger partial charge in [-0.1, -0.05) is 31.9 Å². The van der Waals surface area contributed by atoms with Crippen molar-refractivity contribution in [1.29, 1.82) is 0 Å². The van der Waals surface area contributed by atoms with Gasteiger partial charge in [0.1, 0.15) is 0 Å². The van der Waals surface area contributed by atoms with Crippen LogP contribution in [-0.4, -0.2) is 19.3 Å². The van der Waals surface area contributed by atoms with E-state index in [9.17, 15) is 4.57 Å². The van der Waals surface area contributed by atoms with E-state index in [-0.39, 0.29) is 6.10 Å². The second kappa shape index (κ2) is 9.84. The molecule has 4 nitrogen and oxygen atoms in total. The molecule has 1 atom stereocenters. The molecule has 0 aliphatic heterocycles. The van der Waals surface area contributed by atoms with E-state index in [1.807, 2.05) is 19.1 Å². The lowest BCUT2D eigenvalue weighted by molar-refractivity contribution is 0.106. The molecule has 17 heavy (non-hydrogen) atoms. The van der Waals surface area contributed by atoms with Crippen molar-refractivity contribution in [1.82, 2.24) is 0 Å². The molecule has 0 amide bonds. The maximum atomic E-state index is 12.0. The van der Waals surface area contributed by atoms with Crippen LogP contribution in [0.2, 0.25) is 0 Å². The molecule has 0 aromatic rings. The van der Waals surface area contributed by atoms with Crippen LogP contribution in [0, 0.1) is 0 Å². The number of phosphoric acid groups is 1. The molecule has 0 aromatic carbocycles. The standard InChI is InChI=1S/C12H25O4P/c1-5-8-9-10-11-12(4)16-17(13,14-6-2)15-7-3/h10-12H,5-9H2,1-4H3/b11-10-/t12-/m0/s1. The molecule has 0 N–H and O–H groups in total. The highest BCUT2D eigenvalue weighted by molar-refractivity contribution is 7.48. The monoisotopic (exact) mass is 264 g/mol. The largest absolute Gasteiger partial charge is 0.475 e. The summed E-state index contributed by atoms with van der Waals surface area (Å²) in [4.78, 5) is 0. The van der Waals surface area contributed by atoms with Gasteiger partial charge in [0, 0.05) is 0 Å².